The molecule has 0 radical (unpaired) electrons. The maximum atomic E-state index is 12.8. The number of hydrogen-bond acceptors (Lipinski definition) is 3. The number of amides is 1. The van der Waals surface area contributed by atoms with Gasteiger partial charge in [0.25, 0.3) is 5.91 Å². The van der Waals surface area contributed by atoms with Gasteiger partial charge in [0, 0.05) is 10.8 Å². The average molecular weight is 435 g/mol. The summed E-state index contributed by atoms with van der Waals surface area (Å²) in [6.45, 7) is 0.249. The molecule has 5 aromatic rings. The van der Waals surface area contributed by atoms with E-state index in [4.69, 9.17) is 4.42 Å². The fraction of sp³-hybridized carbons (Fsp3) is 0.0833. The van der Waals surface area contributed by atoms with Gasteiger partial charge in [0.2, 0.25) is 0 Å². The Bertz CT molecular complexity index is 1400. The molecule has 3 aromatic carbocycles. The standard InChI is InChI=1S/C24H16F3N3O2/c25-24(26,27)17-11-9-15(10-12-17)14-30-19-7-3-2-6-18(19)22(29-30)28-23(31)21-13-16-5-1-4-8-20(16)32-21/h1-13H,14H2,(H,28,29,31). The summed E-state index contributed by atoms with van der Waals surface area (Å²) in [6.07, 6.45) is -4.38. The summed E-state index contributed by atoms with van der Waals surface area (Å²) in [5.74, 6) is 0.0664. The molecular weight excluding hydrogens is 419 g/mol. The largest absolute Gasteiger partial charge is 0.451 e. The number of halogens is 3. The van der Waals surface area contributed by atoms with Crippen molar-refractivity contribution in [3.63, 3.8) is 0 Å². The van der Waals surface area contributed by atoms with Gasteiger partial charge < -0.3 is 9.73 Å². The zero-order chi connectivity index (χ0) is 22.3. The number of fused-ring (bicyclic) bond motifs is 2. The number of furan rings is 1. The number of carbonyl (C=O) groups excluding carboxylic acids is 1. The van der Waals surface area contributed by atoms with E-state index < -0.39 is 17.6 Å². The molecule has 32 heavy (non-hydrogen) atoms. The molecule has 0 saturated carbocycles. The number of carbonyl (C=O) groups is 1. The number of nitrogens with one attached hydrogen (secondary N) is 1. The zero-order valence-electron chi connectivity index (χ0n) is 16.6. The number of nitrogens with zero attached hydrogens (tertiary/aromatic N) is 2. The highest BCUT2D eigenvalue weighted by atomic mass is 19.4. The monoisotopic (exact) mass is 435 g/mol. The molecule has 5 nitrogen and oxygen atoms in total. The van der Waals surface area contributed by atoms with Crippen LogP contribution in [0.4, 0.5) is 19.0 Å². The van der Waals surface area contributed by atoms with E-state index in [0.29, 0.717) is 22.4 Å². The third-order valence-corrected chi connectivity index (χ3v) is 5.15. The summed E-state index contributed by atoms with van der Waals surface area (Å²) in [5, 5.41) is 8.81. The Morgan fingerprint density at radius 2 is 1.69 bits per heavy atom. The quantitative estimate of drug-likeness (QED) is 0.371. The predicted molar refractivity (Wildman–Crippen MR) is 114 cm³/mol. The minimum atomic E-state index is -4.38. The van der Waals surface area contributed by atoms with Gasteiger partial charge in [0.05, 0.1) is 17.6 Å². The van der Waals surface area contributed by atoms with Crippen LogP contribution >= 0.6 is 0 Å². The highest BCUT2D eigenvalue weighted by Crippen LogP contribution is 2.30. The minimum Gasteiger partial charge on any atom is -0.451 e. The zero-order valence-corrected chi connectivity index (χ0v) is 16.6. The first kappa shape index (κ1) is 19.9. The van der Waals surface area contributed by atoms with Gasteiger partial charge in [-0.25, -0.2) is 0 Å². The smallest absolute Gasteiger partial charge is 0.416 e. The van der Waals surface area contributed by atoms with Crippen molar-refractivity contribution < 1.29 is 22.4 Å². The normalized spacial score (nSPS) is 11.8. The van der Waals surface area contributed by atoms with Gasteiger partial charge in [-0.2, -0.15) is 18.3 Å². The molecule has 8 heteroatoms. The van der Waals surface area contributed by atoms with Crippen molar-refractivity contribution in [2.45, 2.75) is 12.7 Å². The van der Waals surface area contributed by atoms with Crippen LogP contribution in [0.25, 0.3) is 21.9 Å². The molecule has 0 saturated heterocycles. The lowest BCUT2D eigenvalue weighted by Crippen LogP contribution is -2.12. The number of rotatable bonds is 4. The molecule has 0 unspecified atom stereocenters. The van der Waals surface area contributed by atoms with Crippen LogP contribution in [0.2, 0.25) is 0 Å². The second-order valence-corrected chi connectivity index (χ2v) is 7.32. The molecule has 2 aromatic heterocycles. The first-order valence-corrected chi connectivity index (χ1v) is 9.80. The van der Waals surface area contributed by atoms with Gasteiger partial charge in [-0.05, 0) is 42.0 Å². The second-order valence-electron chi connectivity index (χ2n) is 7.32. The summed E-state index contributed by atoms with van der Waals surface area (Å²) < 4.78 is 45.7. The van der Waals surface area contributed by atoms with Crippen molar-refractivity contribution in [2.75, 3.05) is 5.32 Å². The average Bonchev–Trinajstić information content (AvgIpc) is 3.36. The van der Waals surface area contributed by atoms with Crippen molar-refractivity contribution >= 4 is 33.6 Å². The van der Waals surface area contributed by atoms with E-state index in [2.05, 4.69) is 10.4 Å². The van der Waals surface area contributed by atoms with Gasteiger partial charge >= 0.3 is 6.18 Å². The summed E-state index contributed by atoms with van der Waals surface area (Å²) in [7, 11) is 0. The topological polar surface area (TPSA) is 60.1 Å². The number of hydrogen-bond donors (Lipinski definition) is 1. The lowest BCUT2D eigenvalue weighted by Gasteiger charge is -2.08. The van der Waals surface area contributed by atoms with Crippen LogP contribution < -0.4 is 5.32 Å². The first-order valence-electron chi connectivity index (χ1n) is 9.80. The maximum Gasteiger partial charge on any atom is 0.416 e. The molecule has 1 amide bonds. The van der Waals surface area contributed by atoms with Crippen molar-refractivity contribution in [3.05, 3.63) is 95.7 Å². The van der Waals surface area contributed by atoms with Gasteiger partial charge in [0.1, 0.15) is 5.58 Å². The van der Waals surface area contributed by atoms with Crippen LogP contribution in [0.15, 0.2) is 83.3 Å². The van der Waals surface area contributed by atoms with E-state index in [0.717, 1.165) is 23.0 Å². The highest BCUT2D eigenvalue weighted by Gasteiger charge is 2.30. The number of anilines is 1. The number of aromatic nitrogens is 2. The van der Waals surface area contributed by atoms with Crippen LogP contribution in [-0.2, 0) is 12.7 Å². The molecule has 0 spiro atoms. The molecule has 0 aliphatic carbocycles. The van der Waals surface area contributed by atoms with E-state index in [1.165, 1.54) is 12.1 Å². The van der Waals surface area contributed by atoms with Crippen molar-refractivity contribution in [2.24, 2.45) is 0 Å². The molecule has 0 atom stereocenters. The van der Waals surface area contributed by atoms with Gasteiger partial charge in [0.15, 0.2) is 11.6 Å². The Morgan fingerprint density at radius 3 is 2.44 bits per heavy atom. The molecule has 0 bridgehead atoms. The fourth-order valence-electron chi connectivity index (χ4n) is 3.58. The molecule has 160 valence electrons. The SMILES string of the molecule is O=C(Nc1nn(Cc2ccc(C(F)(F)F)cc2)c2ccccc12)c1cc2ccccc2o1. The van der Waals surface area contributed by atoms with Crippen LogP contribution in [0.3, 0.4) is 0 Å². The molecule has 0 aliphatic heterocycles. The van der Waals surface area contributed by atoms with Gasteiger partial charge in [-0.1, -0.05) is 42.5 Å². The minimum absolute atomic E-state index is 0.160. The molecule has 0 aliphatic rings. The molecule has 2 heterocycles. The molecule has 5 rings (SSSR count). The predicted octanol–water partition coefficient (Wildman–Crippen LogP) is 6.10. The Hall–Kier alpha value is -4.07. The third-order valence-electron chi connectivity index (χ3n) is 5.15. The maximum absolute atomic E-state index is 12.8. The van der Waals surface area contributed by atoms with Crippen LogP contribution in [-0.4, -0.2) is 15.7 Å². The van der Waals surface area contributed by atoms with E-state index >= 15 is 0 Å². The number of alkyl halides is 3. The Kier molecular flexibility index (Phi) is 4.70. The van der Waals surface area contributed by atoms with Crippen molar-refractivity contribution in [1.29, 1.82) is 0 Å². The Morgan fingerprint density at radius 1 is 0.969 bits per heavy atom. The first-order chi connectivity index (χ1) is 15.4. The molecule has 0 fully saturated rings. The van der Waals surface area contributed by atoms with E-state index in [-0.39, 0.29) is 12.3 Å². The van der Waals surface area contributed by atoms with Gasteiger partial charge in [-0.3, -0.25) is 9.48 Å². The summed E-state index contributed by atoms with van der Waals surface area (Å²) >= 11 is 0. The number of para-hydroxylation sites is 2. The summed E-state index contributed by atoms with van der Waals surface area (Å²) in [5.41, 5.74) is 1.30. The van der Waals surface area contributed by atoms with Crippen LogP contribution in [0.5, 0.6) is 0 Å². The van der Waals surface area contributed by atoms with E-state index in [9.17, 15) is 18.0 Å². The fourth-order valence-corrected chi connectivity index (χ4v) is 3.58. The van der Waals surface area contributed by atoms with E-state index in [1.54, 1.807) is 16.8 Å². The molecular formula is C24H16F3N3O2. The van der Waals surface area contributed by atoms with Crippen LogP contribution in [0, 0.1) is 0 Å². The Labute approximate surface area is 180 Å². The lowest BCUT2D eigenvalue weighted by molar-refractivity contribution is -0.137. The van der Waals surface area contributed by atoms with Gasteiger partial charge in [-0.15, -0.1) is 0 Å². The van der Waals surface area contributed by atoms with Crippen LogP contribution in [0.1, 0.15) is 21.7 Å². The van der Waals surface area contributed by atoms with Crippen molar-refractivity contribution in [3.8, 4) is 0 Å². The lowest BCUT2D eigenvalue weighted by atomic mass is 10.1. The summed E-state index contributed by atoms with van der Waals surface area (Å²) in [4.78, 5) is 12.8. The highest BCUT2D eigenvalue weighted by molar-refractivity contribution is 6.08. The summed E-state index contributed by atoms with van der Waals surface area (Å²) in [6, 6.07) is 21.2. The third kappa shape index (κ3) is 3.71. The van der Waals surface area contributed by atoms with Crippen molar-refractivity contribution in [1.82, 2.24) is 9.78 Å². The second kappa shape index (κ2) is 7.56. The number of benzene rings is 3. The Balaban J connectivity index is 1.44. The van der Waals surface area contributed by atoms with E-state index in [1.807, 2.05) is 42.5 Å². The molecule has 1 N–H and O–H groups in total.